The molecule has 0 atom stereocenters. The van der Waals surface area contributed by atoms with Crippen LogP contribution in [0.3, 0.4) is 0 Å². The Bertz CT molecular complexity index is 46.8. The van der Waals surface area contributed by atoms with Gasteiger partial charge in [0, 0.05) is 19.5 Å². The van der Waals surface area contributed by atoms with Crippen molar-refractivity contribution in [3.63, 3.8) is 0 Å². The summed E-state index contributed by atoms with van der Waals surface area (Å²) in [6.07, 6.45) is 0. The molecule has 0 aliphatic carbocycles. The van der Waals surface area contributed by atoms with Gasteiger partial charge in [-0.15, -0.1) is 0 Å². The summed E-state index contributed by atoms with van der Waals surface area (Å²) < 4.78 is 0. The molecule has 0 unspecified atom stereocenters. The van der Waals surface area contributed by atoms with E-state index >= 15 is 0 Å². The van der Waals surface area contributed by atoms with Crippen LogP contribution in [0, 0.1) is 0 Å². The molecule has 0 radical (unpaired) electrons. The summed E-state index contributed by atoms with van der Waals surface area (Å²) in [5.74, 6) is -0.120. The summed E-state index contributed by atoms with van der Waals surface area (Å²) in [4.78, 5) is 3.25. The van der Waals surface area contributed by atoms with Crippen molar-refractivity contribution in [3.05, 3.63) is 5.73 Å². The van der Waals surface area contributed by atoms with Crippen molar-refractivity contribution in [2.24, 2.45) is 10.7 Å². The van der Waals surface area contributed by atoms with Crippen molar-refractivity contribution in [2.45, 2.75) is 0 Å². The molecule has 0 aromatic carbocycles. The van der Waals surface area contributed by atoms with E-state index in [-0.39, 0.29) is 25.4 Å². The molecule has 4 heteroatoms. The molecule has 0 bridgehead atoms. The van der Waals surface area contributed by atoms with Gasteiger partial charge in [0.1, 0.15) is 0 Å². The standard InChI is InChI=1S/C2H6N3.Zn/c1-5-2(3)4;/h1H3,(H3-,3,4,5);/q-1;. The van der Waals surface area contributed by atoms with Crippen LogP contribution < -0.4 is 5.73 Å². The molecule has 0 heterocycles. The number of hydrogen-bond donors (Lipinski definition) is 1. The molecule has 0 fully saturated rings. The zero-order chi connectivity index (χ0) is 4.28. The third-order valence-electron chi connectivity index (χ3n) is 0.241. The van der Waals surface area contributed by atoms with Gasteiger partial charge in [-0.3, -0.25) is 0 Å². The Hall–Kier alpha value is -0.107. The number of guanidine groups is 1. The van der Waals surface area contributed by atoms with Gasteiger partial charge in [0.25, 0.3) is 0 Å². The van der Waals surface area contributed by atoms with E-state index in [1.807, 2.05) is 0 Å². The number of nitrogens with one attached hydrogen (secondary N) is 1. The second-order valence-corrected chi connectivity index (χ2v) is 0.609. The third kappa shape index (κ3) is 9.09. The van der Waals surface area contributed by atoms with Crippen molar-refractivity contribution in [3.8, 4) is 0 Å². The maximum Gasteiger partial charge on any atom is 0 e. The molecule has 0 saturated carbocycles. The first kappa shape index (κ1) is 9.31. The molecule has 0 saturated heterocycles. The minimum atomic E-state index is -0.120. The quantitative estimate of drug-likeness (QED) is 0.285. The van der Waals surface area contributed by atoms with Crippen LogP contribution in [0.4, 0.5) is 0 Å². The Morgan fingerprint density at radius 3 is 2.00 bits per heavy atom. The molecule has 0 aliphatic rings. The zero-order valence-corrected chi connectivity index (χ0v) is 6.70. The second-order valence-electron chi connectivity index (χ2n) is 0.609. The maximum atomic E-state index is 6.35. The Balaban J connectivity index is 0. The van der Waals surface area contributed by atoms with Gasteiger partial charge in [-0.05, 0) is 13.0 Å². The third-order valence-corrected chi connectivity index (χ3v) is 0.241. The van der Waals surface area contributed by atoms with E-state index in [1.54, 1.807) is 0 Å². The van der Waals surface area contributed by atoms with Gasteiger partial charge >= 0.3 is 0 Å². The van der Waals surface area contributed by atoms with Crippen LogP contribution in [0.1, 0.15) is 0 Å². The summed E-state index contributed by atoms with van der Waals surface area (Å²) in [5, 5.41) is 0. The molecule has 0 aliphatic heterocycles. The predicted molar refractivity (Wildman–Crippen MR) is 21.9 cm³/mol. The van der Waals surface area contributed by atoms with Crippen LogP contribution >= 0.6 is 0 Å². The fourth-order valence-electron chi connectivity index (χ4n) is 0. The monoisotopic (exact) mass is 136 g/mol. The Kier molecular flexibility index (Phi) is 7.59. The van der Waals surface area contributed by atoms with Crippen molar-refractivity contribution in [2.75, 3.05) is 7.05 Å². The molecule has 3 nitrogen and oxygen atoms in total. The molecule has 0 amide bonds. The van der Waals surface area contributed by atoms with Gasteiger partial charge in [-0.2, -0.15) is 0 Å². The number of rotatable bonds is 0. The van der Waals surface area contributed by atoms with Crippen molar-refractivity contribution in [1.82, 2.24) is 0 Å². The van der Waals surface area contributed by atoms with Crippen LogP contribution in [0.25, 0.3) is 5.73 Å². The average molecular weight is 137 g/mol. The Labute approximate surface area is 49.6 Å². The van der Waals surface area contributed by atoms with E-state index in [0.717, 1.165) is 0 Å². The normalized spacial score (nSPS) is 9.83. The molecular formula is C2H6N3Zn-. The van der Waals surface area contributed by atoms with Crippen LogP contribution in [-0.2, 0) is 19.5 Å². The Morgan fingerprint density at radius 1 is 1.83 bits per heavy atom. The number of aliphatic imine (C=N–C) groups is 1. The van der Waals surface area contributed by atoms with Crippen molar-refractivity contribution in [1.29, 1.82) is 0 Å². The number of nitrogens with two attached hydrogens (primary N) is 1. The topological polar surface area (TPSA) is 62.2 Å². The minimum absolute atomic E-state index is 0. The van der Waals surface area contributed by atoms with E-state index in [0.29, 0.717) is 0 Å². The van der Waals surface area contributed by atoms with E-state index in [1.165, 1.54) is 7.05 Å². The smallest absolute Gasteiger partial charge is 0 e. The molecular weight excluding hydrogens is 131 g/mol. The van der Waals surface area contributed by atoms with Gasteiger partial charge in [0.05, 0.1) is 0 Å². The molecule has 32 valence electrons. The fraction of sp³-hybridized carbons (Fsp3) is 0.500. The molecule has 0 aromatic rings. The van der Waals surface area contributed by atoms with Gasteiger partial charge in [-0.1, -0.05) is 0 Å². The van der Waals surface area contributed by atoms with Crippen LogP contribution in [0.5, 0.6) is 0 Å². The van der Waals surface area contributed by atoms with E-state index < -0.39 is 0 Å². The summed E-state index contributed by atoms with van der Waals surface area (Å²) in [5.41, 5.74) is 11.1. The fourth-order valence-corrected chi connectivity index (χ4v) is 0. The van der Waals surface area contributed by atoms with Crippen molar-refractivity contribution >= 4 is 5.96 Å². The average Bonchev–Trinajstić information content (AvgIpc) is 1.38. The molecule has 0 rings (SSSR count). The summed E-state index contributed by atoms with van der Waals surface area (Å²) in [6, 6.07) is 0. The first-order chi connectivity index (χ1) is 2.27. The SMILES string of the molecule is CN=C([NH-])N.[Zn]. The van der Waals surface area contributed by atoms with E-state index in [2.05, 4.69) is 4.99 Å². The van der Waals surface area contributed by atoms with Crippen molar-refractivity contribution < 1.29 is 19.5 Å². The summed E-state index contributed by atoms with van der Waals surface area (Å²) in [7, 11) is 1.47. The molecule has 0 spiro atoms. The summed E-state index contributed by atoms with van der Waals surface area (Å²) >= 11 is 0. The molecule has 6 heavy (non-hydrogen) atoms. The number of hydrogen-bond acceptors (Lipinski definition) is 1. The first-order valence-electron chi connectivity index (χ1n) is 1.21. The second kappa shape index (κ2) is 4.89. The minimum Gasteiger partial charge on any atom is -0.454 e. The predicted octanol–water partition coefficient (Wildman–Crippen LogP) is -0.0194. The largest absolute Gasteiger partial charge is 0.454 e. The maximum absolute atomic E-state index is 6.35. The van der Waals surface area contributed by atoms with Crippen LogP contribution in [0.15, 0.2) is 4.99 Å². The van der Waals surface area contributed by atoms with Gasteiger partial charge in [0.15, 0.2) is 0 Å². The molecule has 0 aromatic heterocycles. The first-order valence-corrected chi connectivity index (χ1v) is 1.21. The van der Waals surface area contributed by atoms with Crippen LogP contribution in [0.2, 0.25) is 0 Å². The van der Waals surface area contributed by atoms with E-state index in [4.69, 9.17) is 11.5 Å². The molecule has 3 N–H and O–H groups in total. The van der Waals surface area contributed by atoms with Gasteiger partial charge < -0.3 is 16.5 Å². The summed E-state index contributed by atoms with van der Waals surface area (Å²) in [6.45, 7) is 0. The number of nitrogens with zero attached hydrogens (tertiary/aromatic N) is 1. The van der Waals surface area contributed by atoms with Crippen LogP contribution in [-0.4, -0.2) is 13.0 Å². The Morgan fingerprint density at radius 2 is 2.00 bits per heavy atom. The van der Waals surface area contributed by atoms with E-state index in [9.17, 15) is 0 Å². The van der Waals surface area contributed by atoms with Gasteiger partial charge in [0.2, 0.25) is 0 Å². The zero-order valence-electron chi connectivity index (χ0n) is 3.73. The van der Waals surface area contributed by atoms with Gasteiger partial charge in [-0.25, -0.2) is 0 Å².